The second-order valence-electron chi connectivity index (χ2n) is 10.6. The smallest absolute Gasteiger partial charge is 0.872 e. The zero-order valence-electron chi connectivity index (χ0n) is 27.2. The Kier molecular flexibility index (Phi) is 13.1. The Morgan fingerprint density at radius 3 is 2.50 bits per heavy atom. The van der Waals surface area contributed by atoms with Crippen molar-refractivity contribution in [2.45, 2.75) is 22.6 Å². The predicted molar refractivity (Wildman–Crippen MR) is 165 cm³/mol. The first kappa shape index (κ1) is 40.7. The number of rotatable bonds is 9. The number of carbonyl (C=O) groups is 5. The normalized spacial score (nSPS) is 16.8. The number of amides is 3. The number of carbonyl (C=O) groups excluding carboxylic acids is 5. The Bertz CT molecular complexity index is 2180. The van der Waals surface area contributed by atoms with Crippen LogP contribution in [0.3, 0.4) is 0 Å². The molecule has 258 valence electrons. The molecule has 2 aromatic carbocycles. The van der Waals surface area contributed by atoms with Crippen molar-refractivity contribution >= 4 is 64.3 Å². The van der Waals surface area contributed by atoms with Gasteiger partial charge in [-0.3, -0.25) is 24.1 Å². The summed E-state index contributed by atoms with van der Waals surface area (Å²) in [5.74, 6) is -6.05. The van der Waals surface area contributed by atoms with Crippen LogP contribution in [0.1, 0.15) is 22.0 Å². The molecule has 2 aliphatic heterocycles. The number of carboxylic acids is 1. The molecular weight excluding hydrogens is 748 g/mol. The maximum Gasteiger partial charge on any atom is 1.00 e. The minimum absolute atomic E-state index is 0. The largest absolute Gasteiger partial charge is 1.00 e. The summed E-state index contributed by atoms with van der Waals surface area (Å²) in [6.07, 6.45) is -0.0701. The maximum atomic E-state index is 13.7. The van der Waals surface area contributed by atoms with E-state index in [1.807, 2.05) is 0 Å². The molecule has 19 nitrogen and oxygen atoms in total. The number of hydrogen-bond donors (Lipinski definition) is 4. The van der Waals surface area contributed by atoms with Crippen LogP contribution in [-0.4, -0.2) is 95.1 Å². The second kappa shape index (κ2) is 16.7. The number of ether oxygens (including phenoxy) is 1. The number of fused-ring (bicyclic) bond motifs is 2. The van der Waals surface area contributed by atoms with Crippen molar-refractivity contribution in [3.63, 3.8) is 0 Å². The number of aromatic nitrogens is 4. The molecule has 2 aliphatic rings. The van der Waals surface area contributed by atoms with Crippen LogP contribution in [0.15, 0.2) is 68.3 Å². The molecule has 4 heterocycles. The standard InChI is InChI=1S/C29H23N7O12S2.2Na/c1-47-29(46)36-28(32-33-34-36)50-10-12-9-49-26-20(25(43)35(26)21(12)27(44)45)31-24(42)19(11-2-4-13(37)5-3-11)30-23(41)15-8-48-18-7-17(39)16(38)6-14(18)22(15)40;;/h2-8,19-20,26,37-39H,9-10H2,1H3,(H,30,41)(H,31,42)(H,44,45);;/q;2*+1/p-2/t19-,20-,26-;;/m1../s1. The monoisotopic (exact) mass is 769 g/mol. The van der Waals surface area contributed by atoms with Crippen molar-refractivity contribution < 1.29 is 113 Å². The molecule has 0 bridgehead atoms. The Hall–Kier alpha value is -4.09. The minimum atomic E-state index is -1.66. The van der Waals surface area contributed by atoms with Crippen molar-refractivity contribution in [1.82, 2.24) is 35.7 Å². The molecule has 4 aromatic rings. The van der Waals surface area contributed by atoms with E-state index in [9.17, 15) is 49.2 Å². The van der Waals surface area contributed by atoms with Crippen molar-refractivity contribution in [2.24, 2.45) is 0 Å². The number of hydrogen-bond acceptors (Lipinski definition) is 17. The number of β-lactam (4-membered cyclic amide) rings is 1. The second-order valence-corrected chi connectivity index (χ2v) is 12.6. The third-order valence-corrected chi connectivity index (χ3v) is 9.91. The summed E-state index contributed by atoms with van der Waals surface area (Å²) in [6.45, 7) is 0. The third-order valence-electron chi connectivity index (χ3n) is 7.57. The van der Waals surface area contributed by atoms with Gasteiger partial charge in [-0.05, 0) is 27.6 Å². The summed E-state index contributed by atoms with van der Waals surface area (Å²) in [4.78, 5) is 78.5. The van der Waals surface area contributed by atoms with Gasteiger partial charge in [0.1, 0.15) is 34.9 Å². The van der Waals surface area contributed by atoms with Crippen LogP contribution < -0.4 is 85.4 Å². The van der Waals surface area contributed by atoms with Crippen molar-refractivity contribution in [3.05, 3.63) is 75.3 Å². The van der Waals surface area contributed by atoms with Crippen LogP contribution in [0.4, 0.5) is 4.79 Å². The van der Waals surface area contributed by atoms with Gasteiger partial charge < -0.3 is 45.0 Å². The van der Waals surface area contributed by atoms with E-state index in [4.69, 9.17) is 4.42 Å². The van der Waals surface area contributed by atoms with Gasteiger partial charge in [-0.2, -0.15) is 0 Å². The van der Waals surface area contributed by atoms with Crippen LogP contribution >= 0.6 is 23.5 Å². The first-order chi connectivity index (χ1) is 23.9. The molecule has 52 heavy (non-hydrogen) atoms. The zero-order valence-corrected chi connectivity index (χ0v) is 32.9. The quantitative estimate of drug-likeness (QED) is 0.0404. The van der Waals surface area contributed by atoms with Gasteiger partial charge in [0.05, 0.1) is 24.2 Å². The van der Waals surface area contributed by atoms with E-state index in [0.29, 0.717) is 0 Å². The summed E-state index contributed by atoms with van der Waals surface area (Å²) in [6, 6.07) is 3.87. The van der Waals surface area contributed by atoms with E-state index in [0.717, 1.165) is 70.7 Å². The fraction of sp³-hybridized carbons (Fsp3) is 0.207. The van der Waals surface area contributed by atoms with Crippen LogP contribution in [0, 0.1) is 0 Å². The van der Waals surface area contributed by atoms with Crippen molar-refractivity contribution in [3.8, 4) is 17.2 Å². The topological polar surface area (TPSA) is 282 Å². The fourth-order valence-electron chi connectivity index (χ4n) is 5.12. The molecule has 2 aromatic heterocycles. The third kappa shape index (κ3) is 7.81. The molecule has 23 heteroatoms. The Balaban J connectivity index is 0.00000302. The average Bonchev–Trinajstić information content (AvgIpc) is 3.57. The maximum absolute atomic E-state index is 13.7. The van der Waals surface area contributed by atoms with Gasteiger partial charge in [0.25, 0.3) is 11.8 Å². The molecule has 0 radical (unpaired) electrons. The van der Waals surface area contributed by atoms with Crippen LogP contribution in [0.5, 0.6) is 17.2 Å². The number of tetrazole rings is 1. The minimum Gasteiger partial charge on any atom is -0.872 e. The number of carboxylic acid groups (broad SMARTS) is 1. The molecule has 0 spiro atoms. The Morgan fingerprint density at radius 2 is 1.83 bits per heavy atom. The van der Waals surface area contributed by atoms with Crippen molar-refractivity contribution in [2.75, 3.05) is 18.6 Å². The SMILES string of the molecule is COC(=O)n1nnnc1SCC1=C(C(=O)[O-])N2C(=O)[C@@H](NC(=O)[C@H](NC(=O)c3coc4cc(O)c(O)cc4c3=O)c3ccc([O-])cc3)[C@H]2SC1.[Na+].[Na+]. The van der Waals surface area contributed by atoms with Gasteiger partial charge in [0.2, 0.25) is 16.5 Å². The molecule has 0 saturated carbocycles. The molecular formula is C29H21N7Na2O12S2. The van der Waals surface area contributed by atoms with E-state index < -0.39 is 81.2 Å². The van der Waals surface area contributed by atoms with Gasteiger partial charge in [0, 0.05) is 17.6 Å². The number of nitrogens with one attached hydrogen (secondary N) is 2. The molecule has 4 N–H and O–H groups in total. The summed E-state index contributed by atoms with van der Waals surface area (Å²) in [5.41, 5.74) is -1.65. The first-order valence-corrected chi connectivity index (χ1v) is 16.2. The number of benzene rings is 2. The summed E-state index contributed by atoms with van der Waals surface area (Å²) < 4.78 is 10.7. The van der Waals surface area contributed by atoms with Gasteiger partial charge in [-0.1, -0.05) is 36.0 Å². The number of methoxy groups -OCH3 is 1. The van der Waals surface area contributed by atoms with Crippen LogP contribution in [0.25, 0.3) is 11.0 Å². The summed E-state index contributed by atoms with van der Waals surface area (Å²) in [7, 11) is 1.13. The van der Waals surface area contributed by atoms with Gasteiger partial charge in [-0.15, -0.1) is 27.3 Å². The Labute approximate surface area is 343 Å². The Morgan fingerprint density at radius 1 is 1.13 bits per heavy atom. The average molecular weight is 770 g/mol. The number of phenols is 2. The zero-order chi connectivity index (χ0) is 35.9. The van der Waals surface area contributed by atoms with Crippen LogP contribution in [0.2, 0.25) is 0 Å². The molecule has 0 aliphatic carbocycles. The van der Waals surface area contributed by atoms with Gasteiger partial charge >= 0.3 is 65.2 Å². The van der Waals surface area contributed by atoms with E-state index in [-0.39, 0.29) is 97.9 Å². The van der Waals surface area contributed by atoms with Crippen molar-refractivity contribution in [1.29, 1.82) is 0 Å². The molecule has 1 fully saturated rings. The molecule has 6 rings (SSSR count). The van der Waals surface area contributed by atoms with Gasteiger partial charge in [-0.25, -0.2) is 4.79 Å². The number of phenolic OH excluding ortho intramolecular Hbond substituents is 2. The summed E-state index contributed by atoms with van der Waals surface area (Å²) >= 11 is 2.05. The van der Waals surface area contributed by atoms with E-state index in [1.165, 1.54) is 12.1 Å². The number of aliphatic carboxylic acids is 1. The summed E-state index contributed by atoms with van der Waals surface area (Å²) in [5, 5.41) is 58.0. The number of nitrogens with zero attached hydrogens (tertiary/aromatic N) is 5. The fourth-order valence-corrected chi connectivity index (χ4v) is 7.47. The first-order valence-electron chi connectivity index (χ1n) is 14.1. The molecule has 3 amide bonds. The van der Waals surface area contributed by atoms with E-state index in [2.05, 4.69) is 30.9 Å². The van der Waals surface area contributed by atoms with Gasteiger partial charge in [0.15, 0.2) is 11.5 Å². The van der Waals surface area contributed by atoms with E-state index in [1.54, 1.807) is 0 Å². The number of aromatic hydroxyl groups is 2. The predicted octanol–water partition coefficient (Wildman–Crippen LogP) is -7.45. The van der Waals surface area contributed by atoms with E-state index >= 15 is 0 Å². The van der Waals surface area contributed by atoms with Crippen LogP contribution in [-0.2, 0) is 19.1 Å². The molecule has 1 saturated heterocycles. The molecule has 0 unspecified atom stereocenters. The number of thioether (sulfide) groups is 2. The molecule has 3 atom stereocenters.